The molecular formula is C20H21N3O4S. The Hall–Kier alpha value is -2.45. The molecule has 0 radical (unpaired) electrons. The average Bonchev–Trinajstić information content (AvgIpc) is 2.83. The van der Waals surface area contributed by atoms with Crippen LogP contribution in [0.2, 0.25) is 0 Å². The van der Waals surface area contributed by atoms with Crippen LogP contribution in [0.5, 0.6) is 11.8 Å². The predicted molar refractivity (Wildman–Crippen MR) is 106 cm³/mol. The largest absolute Gasteiger partial charge is 0.424 e. The van der Waals surface area contributed by atoms with Gasteiger partial charge in [-0.2, -0.15) is 0 Å². The summed E-state index contributed by atoms with van der Waals surface area (Å²) >= 11 is 0.995. The molecule has 7 nitrogen and oxygen atoms in total. The van der Waals surface area contributed by atoms with Crippen molar-refractivity contribution in [1.82, 2.24) is 9.97 Å². The number of hydrogen-bond donors (Lipinski definition) is 0. The Labute approximate surface area is 167 Å². The molecule has 0 atom stereocenters. The number of amides is 2. The molecule has 1 aromatic heterocycles. The van der Waals surface area contributed by atoms with Crippen molar-refractivity contribution in [3.63, 3.8) is 0 Å². The zero-order valence-corrected chi connectivity index (χ0v) is 17.0. The van der Waals surface area contributed by atoms with Gasteiger partial charge in [-0.15, -0.1) is 0 Å². The van der Waals surface area contributed by atoms with Gasteiger partial charge in [0.15, 0.2) is 0 Å². The van der Waals surface area contributed by atoms with Crippen molar-refractivity contribution < 1.29 is 19.1 Å². The van der Waals surface area contributed by atoms with Crippen LogP contribution in [0.4, 0.5) is 10.5 Å². The summed E-state index contributed by atoms with van der Waals surface area (Å²) in [5, 5.41) is -0.327. The van der Waals surface area contributed by atoms with Crippen molar-refractivity contribution in [2.45, 2.75) is 51.1 Å². The quantitative estimate of drug-likeness (QED) is 0.768. The minimum Gasteiger partial charge on any atom is -0.424 e. The number of benzene rings is 1. The molecule has 2 aliphatic heterocycles. The van der Waals surface area contributed by atoms with Gasteiger partial charge in [-0.05, 0) is 51.1 Å². The van der Waals surface area contributed by atoms with Gasteiger partial charge in [0.25, 0.3) is 11.1 Å². The third-order valence-corrected chi connectivity index (χ3v) is 5.81. The number of ether oxygens (including phenoxy) is 2. The van der Waals surface area contributed by atoms with Crippen LogP contribution in [-0.4, -0.2) is 31.5 Å². The van der Waals surface area contributed by atoms with Gasteiger partial charge in [-0.1, -0.05) is 12.1 Å². The molecule has 1 aromatic carbocycles. The molecule has 0 spiro atoms. The SMILES string of the molecule is CC1(C)Cc2c(cccc2Oc2ncc(N3C(=O)SC(C)(C)C3=O)cn2)CO1. The van der Waals surface area contributed by atoms with Crippen LogP contribution < -0.4 is 9.64 Å². The lowest BCUT2D eigenvalue weighted by Gasteiger charge is -2.32. The van der Waals surface area contributed by atoms with Crippen molar-refractivity contribution in [2.24, 2.45) is 0 Å². The molecule has 2 amide bonds. The number of rotatable bonds is 3. The zero-order valence-electron chi connectivity index (χ0n) is 16.2. The second-order valence-electron chi connectivity index (χ2n) is 7.96. The van der Waals surface area contributed by atoms with E-state index in [-0.39, 0.29) is 22.8 Å². The Kier molecular flexibility index (Phi) is 4.43. The van der Waals surface area contributed by atoms with Gasteiger partial charge in [0.2, 0.25) is 0 Å². The number of carbonyl (C=O) groups is 2. The van der Waals surface area contributed by atoms with Gasteiger partial charge in [-0.3, -0.25) is 9.59 Å². The van der Waals surface area contributed by atoms with E-state index in [0.717, 1.165) is 34.2 Å². The third kappa shape index (κ3) is 3.38. The van der Waals surface area contributed by atoms with E-state index in [2.05, 4.69) is 9.97 Å². The molecule has 8 heteroatoms. The topological polar surface area (TPSA) is 81.6 Å². The highest BCUT2D eigenvalue weighted by atomic mass is 32.2. The maximum atomic E-state index is 12.4. The number of thioether (sulfide) groups is 1. The highest BCUT2D eigenvalue weighted by molar-refractivity contribution is 8.16. The summed E-state index contributed by atoms with van der Waals surface area (Å²) in [6.07, 6.45) is 3.59. The lowest BCUT2D eigenvalue weighted by molar-refractivity contribution is -0.118. The highest BCUT2D eigenvalue weighted by Crippen LogP contribution is 2.39. The minimum atomic E-state index is -0.787. The van der Waals surface area contributed by atoms with Gasteiger partial charge in [0, 0.05) is 12.0 Å². The number of anilines is 1. The number of nitrogens with zero attached hydrogens (tertiary/aromatic N) is 3. The van der Waals surface area contributed by atoms with Gasteiger partial charge in [-0.25, -0.2) is 14.9 Å². The first kappa shape index (κ1) is 18.9. The van der Waals surface area contributed by atoms with Gasteiger partial charge in [0.1, 0.15) is 5.75 Å². The van der Waals surface area contributed by atoms with Crippen LogP contribution in [-0.2, 0) is 22.6 Å². The second-order valence-corrected chi connectivity index (χ2v) is 9.54. The first-order valence-electron chi connectivity index (χ1n) is 8.98. The first-order valence-corrected chi connectivity index (χ1v) is 9.80. The van der Waals surface area contributed by atoms with Crippen LogP contribution in [0.3, 0.4) is 0 Å². The number of hydrogen-bond acceptors (Lipinski definition) is 7. The molecule has 0 N–H and O–H groups in total. The summed E-state index contributed by atoms with van der Waals surface area (Å²) in [5.41, 5.74) is 2.23. The molecule has 4 rings (SSSR count). The number of carbonyl (C=O) groups excluding carboxylic acids is 2. The molecule has 0 unspecified atom stereocenters. The molecule has 28 heavy (non-hydrogen) atoms. The van der Waals surface area contributed by atoms with Crippen LogP contribution in [0.25, 0.3) is 0 Å². The maximum Gasteiger partial charge on any atom is 0.322 e. The van der Waals surface area contributed by atoms with E-state index in [1.54, 1.807) is 13.8 Å². The summed E-state index contributed by atoms with van der Waals surface area (Å²) < 4.78 is 11.0. The van der Waals surface area contributed by atoms with E-state index in [9.17, 15) is 9.59 Å². The van der Waals surface area contributed by atoms with Crippen molar-refractivity contribution in [1.29, 1.82) is 0 Å². The Balaban J connectivity index is 1.57. The lowest BCUT2D eigenvalue weighted by atomic mass is 9.91. The normalized spacial score (nSPS) is 20.2. The van der Waals surface area contributed by atoms with Crippen molar-refractivity contribution in [3.8, 4) is 11.8 Å². The molecule has 2 aromatic rings. The zero-order chi connectivity index (χ0) is 20.1. The van der Waals surface area contributed by atoms with Crippen LogP contribution in [0.15, 0.2) is 30.6 Å². The van der Waals surface area contributed by atoms with Crippen LogP contribution >= 0.6 is 11.8 Å². The summed E-state index contributed by atoms with van der Waals surface area (Å²) in [6, 6.07) is 5.97. The average molecular weight is 399 g/mol. The summed E-state index contributed by atoms with van der Waals surface area (Å²) in [4.78, 5) is 34.1. The summed E-state index contributed by atoms with van der Waals surface area (Å²) in [7, 11) is 0. The molecule has 1 fully saturated rings. The van der Waals surface area contributed by atoms with Crippen LogP contribution in [0, 0.1) is 0 Å². The van der Waals surface area contributed by atoms with Gasteiger partial charge in [0.05, 0.1) is 35.0 Å². The van der Waals surface area contributed by atoms with Gasteiger partial charge < -0.3 is 9.47 Å². The molecule has 3 heterocycles. The smallest absolute Gasteiger partial charge is 0.322 e. The monoisotopic (exact) mass is 399 g/mol. The molecule has 0 aliphatic carbocycles. The predicted octanol–water partition coefficient (Wildman–Crippen LogP) is 4.10. The van der Waals surface area contributed by atoms with E-state index in [0.29, 0.717) is 18.0 Å². The highest BCUT2D eigenvalue weighted by Gasteiger charge is 2.47. The molecule has 1 saturated heterocycles. The lowest BCUT2D eigenvalue weighted by Crippen LogP contribution is -2.35. The Morgan fingerprint density at radius 1 is 1.14 bits per heavy atom. The van der Waals surface area contributed by atoms with E-state index in [1.165, 1.54) is 12.4 Å². The van der Waals surface area contributed by atoms with E-state index in [1.807, 2.05) is 32.0 Å². The van der Waals surface area contributed by atoms with E-state index < -0.39 is 4.75 Å². The number of imide groups is 1. The van der Waals surface area contributed by atoms with Crippen molar-refractivity contribution in [2.75, 3.05) is 4.90 Å². The Morgan fingerprint density at radius 2 is 1.86 bits per heavy atom. The van der Waals surface area contributed by atoms with E-state index in [4.69, 9.17) is 9.47 Å². The van der Waals surface area contributed by atoms with Crippen molar-refractivity contribution in [3.05, 3.63) is 41.7 Å². The molecule has 2 aliphatic rings. The van der Waals surface area contributed by atoms with Gasteiger partial charge >= 0.3 is 6.01 Å². The summed E-state index contributed by atoms with van der Waals surface area (Å²) in [5.74, 6) is 0.408. The molecular weight excluding hydrogens is 378 g/mol. The molecule has 0 saturated carbocycles. The second kappa shape index (κ2) is 6.56. The Morgan fingerprint density at radius 3 is 2.50 bits per heavy atom. The molecule has 0 bridgehead atoms. The van der Waals surface area contributed by atoms with Crippen molar-refractivity contribution >= 4 is 28.6 Å². The fraction of sp³-hybridized carbons (Fsp3) is 0.400. The number of fused-ring (bicyclic) bond motifs is 1. The molecule has 146 valence electrons. The fourth-order valence-electron chi connectivity index (χ4n) is 3.25. The number of aromatic nitrogens is 2. The minimum absolute atomic E-state index is 0.160. The van der Waals surface area contributed by atoms with E-state index >= 15 is 0 Å². The Bertz CT molecular complexity index is 956. The summed E-state index contributed by atoms with van der Waals surface area (Å²) in [6.45, 7) is 8.06. The fourth-order valence-corrected chi connectivity index (χ4v) is 4.15. The van der Waals surface area contributed by atoms with Crippen LogP contribution in [0.1, 0.15) is 38.8 Å². The maximum absolute atomic E-state index is 12.4. The first-order chi connectivity index (χ1) is 13.2. The standard InChI is InChI=1S/C20H21N3O4S/c1-19(2)8-14-12(11-26-19)6-5-7-15(14)27-17-21-9-13(10-22-17)23-16(24)20(3,4)28-18(23)25/h5-7,9-10H,8,11H2,1-4H3. The third-order valence-electron chi connectivity index (χ3n) is 4.77.